The summed E-state index contributed by atoms with van der Waals surface area (Å²) in [5.41, 5.74) is 1.36. The highest BCUT2D eigenvalue weighted by molar-refractivity contribution is 5.19. The molecule has 3 heteroatoms. The van der Waals surface area contributed by atoms with Crippen LogP contribution in [0, 0.1) is 5.92 Å². The molecule has 0 aliphatic carbocycles. The first-order valence-corrected chi connectivity index (χ1v) is 7.49. The van der Waals surface area contributed by atoms with Gasteiger partial charge in [-0.15, -0.1) is 0 Å². The summed E-state index contributed by atoms with van der Waals surface area (Å²) in [6, 6.07) is 11.1. The van der Waals surface area contributed by atoms with Crippen LogP contribution < -0.4 is 5.32 Å². The Morgan fingerprint density at radius 2 is 1.95 bits per heavy atom. The lowest BCUT2D eigenvalue weighted by Gasteiger charge is -2.21. The monoisotopic (exact) mass is 271 g/mol. The van der Waals surface area contributed by atoms with Gasteiger partial charge in [-0.3, -0.25) is 0 Å². The number of imidazole rings is 1. The van der Waals surface area contributed by atoms with Crippen LogP contribution in [-0.2, 0) is 13.1 Å². The van der Waals surface area contributed by atoms with Gasteiger partial charge in [0.05, 0.1) is 6.54 Å². The lowest BCUT2D eigenvalue weighted by atomic mass is 9.97. The third-order valence-corrected chi connectivity index (χ3v) is 3.56. The van der Waals surface area contributed by atoms with Gasteiger partial charge in [-0.05, 0) is 24.8 Å². The van der Waals surface area contributed by atoms with Crippen molar-refractivity contribution in [3.63, 3.8) is 0 Å². The Bertz CT molecular complexity index is 502. The Balaban J connectivity index is 2.05. The quantitative estimate of drug-likeness (QED) is 0.830. The summed E-state index contributed by atoms with van der Waals surface area (Å²) in [5, 5.41) is 3.66. The van der Waals surface area contributed by atoms with Gasteiger partial charge in [-0.2, -0.15) is 0 Å². The van der Waals surface area contributed by atoms with Crippen molar-refractivity contribution in [2.45, 2.75) is 46.3 Å². The summed E-state index contributed by atoms with van der Waals surface area (Å²) < 4.78 is 2.18. The molecule has 0 aliphatic heterocycles. The minimum Gasteiger partial charge on any atom is -0.334 e. The van der Waals surface area contributed by atoms with E-state index in [0.717, 1.165) is 25.3 Å². The Hall–Kier alpha value is -1.61. The molecule has 108 valence electrons. The maximum Gasteiger partial charge on any atom is 0.122 e. The fourth-order valence-electron chi connectivity index (χ4n) is 2.50. The predicted octanol–water partition coefficient (Wildman–Crippen LogP) is 3.78. The molecule has 1 heterocycles. The van der Waals surface area contributed by atoms with Crippen LogP contribution in [0.3, 0.4) is 0 Å². The smallest absolute Gasteiger partial charge is 0.122 e. The van der Waals surface area contributed by atoms with E-state index in [1.807, 2.05) is 12.4 Å². The molecule has 0 saturated carbocycles. The van der Waals surface area contributed by atoms with Crippen LogP contribution in [0.4, 0.5) is 0 Å². The first kappa shape index (κ1) is 14.8. The van der Waals surface area contributed by atoms with E-state index in [-0.39, 0.29) is 0 Å². The SMILES string of the molecule is CCn1ccnc1CNC(CC(C)C)c1ccccc1. The molecule has 0 spiro atoms. The summed E-state index contributed by atoms with van der Waals surface area (Å²) in [6.45, 7) is 8.47. The highest BCUT2D eigenvalue weighted by Gasteiger charge is 2.13. The number of hydrogen-bond donors (Lipinski definition) is 1. The summed E-state index contributed by atoms with van der Waals surface area (Å²) in [4.78, 5) is 4.43. The first-order valence-electron chi connectivity index (χ1n) is 7.49. The van der Waals surface area contributed by atoms with Crippen molar-refractivity contribution >= 4 is 0 Å². The van der Waals surface area contributed by atoms with Crippen LogP contribution in [-0.4, -0.2) is 9.55 Å². The number of rotatable bonds is 7. The molecule has 0 aliphatic rings. The van der Waals surface area contributed by atoms with Crippen molar-refractivity contribution in [3.05, 3.63) is 54.1 Å². The van der Waals surface area contributed by atoms with Crippen molar-refractivity contribution in [1.29, 1.82) is 0 Å². The highest BCUT2D eigenvalue weighted by atomic mass is 15.1. The third kappa shape index (κ3) is 3.94. The molecule has 2 aromatic rings. The second-order valence-corrected chi connectivity index (χ2v) is 5.60. The van der Waals surface area contributed by atoms with Crippen molar-refractivity contribution in [2.24, 2.45) is 5.92 Å². The topological polar surface area (TPSA) is 29.9 Å². The Morgan fingerprint density at radius 3 is 2.60 bits per heavy atom. The molecule has 1 aromatic heterocycles. The molecule has 1 unspecified atom stereocenters. The van der Waals surface area contributed by atoms with Gasteiger partial charge in [0.25, 0.3) is 0 Å². The van der Waals surface area contributed by atoms with Gasteiger partial charge in [0.15, 0.2) is 0 Å². The number of nitrogens with zero attached hydrogens (tertiary/aromatic N) is 2. The second-order valence-electron chi connectivity index (χ2n) is 5.60. The standard InChI is InChI=1S/C17H25N3/c1-4-20-11-10-18-17(20)13-19-16(12-14(2)3)15-8-6-5-7-9-15/h5-11,14,16,19H,4,12-13H2,1-3H3. The zero-order chi connectivity index (χ0) is 14.4. The molecule has 1 N–H and O–H groups in total. The van der Waals surface area contributed by atoms with Crippen molar-refractivity contribution < 1.29 is 0 Å². The first-order chi connectivity index (χ1) is 9.70. The Morgan fingerprint density at radius 1 is 1.20 bits per heavy atom. The van der Waals surface area contributed by atoms with E-state index in [0.29, 0.717) is 12.0 Å². The van der Waals surface area contributed by atoms with Crippen LogP contribution >= 0.6 is 0 Å². The van der Waals surface area contributed by atoms with E-state index in [1.165, 1.54) is 5.56 Å². The molecular weight excluding hydrogens is 246 g/mol. The van der Waals surface area contributed by atoms with E-state index in [2.05, 4.69) is 66.0 Å². The van der Waals surface area contributed by atoms with E-state index in [9.17, 15) is 0 Å². The molecule has 3 nitrogen and oxygen atoms in total. The summed E-state index contributed by atoms with van der Waals surface area (Å²) in [7, 11) is 0. The fraction of sp³-hybridized carbons (Fsp3) is 0.471. The Labute approximate surface area is 122 Å². The molecule has 0 saturated heterocycles. The molecule has 0 fully saturated rings. The number of nitrogens with one attached hydrogen (secondary N) is 1. The second kappa shape index (κ2) is 7.25. The van der Waals surface area contributed by atoms with Gasteiger partial charge in [-0.25, -0.2) is 4.98 Å². The largest absolute Gasteiger partial charge is 0.334 e. The van der Waals surface area contributed by atoms with Gasteiger partial charge in [0.1, 0.15) is 5.82 Å². The van der Waals surface area contributed by atoms with E-state index >= 15 is 0 Å². The zero-order valence-electron chi connectivity index (χ0n) is 12.7. The van der Waals surface area contributed by atoms with Gasteiger partial charge in [0, 0.05) is 25.0 Å². The summed E-state index contributed by atoms with van der Waals surface area (Å²) in [5.74, 6) is 1.77. The zero-order valence-corrected chi connectivity index (χ0v) is 12.7. The minimum absolute atomic E-state index is 0.387. The Kier molecular flexibility index (Phi) is 5.36. The number of aryl methyl sites for hydroxylation is 1. The third-order valence-electron chi connectivity index (χ3n) is 3.56. The van der Waals surface area contributed by atoms with Crippen LogP contribution in [0.2, 0.25) is 0 Å². The molecule has 0 bridgehead atoms. The fourth-order valence-corrected chi connectivity index (χ4v) is 2.50. The van der Waals surface area contributed by atoms with Crippen molar-refractivity contribution in [3.8, 4) is 0 Å². The minimum atomic E-state index is 0.387. The number of benzene rings is 1. The summed E-state index contributed by atoms with van der Waals surface area (Å²) in [6.07, 6.45) is 5.05. The maximum absolute atomic E-state index is 4.43. The van der Waals surface area contributed by atoms with E-state index in [1.54, 1.807) is 0 Å². The van der Waals surface area contributed by atoms with Gasteiger partial charge in [-0.1, -0.05) is 44.2 Å². The molecular formula is C17H25N3. The average molecular weight is 271 g/mol. The van der Waals surface area contributed by atoms with Gasteiger partial charge < -0.3 is 9.88 Å². The lowest BCUT2D eigenvalue weighted by Crippen LogP contribution is -2.24. The van der Waals surface area contributed by atoms with E-state index < -0.39 is 0 Å². The predicted molar refractivity (Wildman–Crippen MR) is 83.4 cm³/mol. The highest BCUT2D eigenvalue weighted by Crippen LogP contribution is 2.21. The number of aromatic nitrogens is 2. The molecule has 0 radical (unpaired) electrons. The average Bonchev–Trinajstić information content (AvgIpc) is 2.91. The molecule has 1 atom stereocenters. The maximum atomic E-state index is 4.43. The van der Waals surface area contributed by atoms with Crippen LogP contribution in [0.1, 0.15) is 44.6 Å². The van der Waals surface area contributed by atoms with Crippen molar-refractivity contribution in [2.75, 3.05) is 0 Å². The molecule has 1 aromatic carbocycles. The van der Waals surface area contributed by atoms with Gasteiger partial charge >= 0.3 is 0 Å². The normalized spacial score (nSPS) is 12.8. The van der Waals surface area contributed by atoms with Crippen molar-refractivity contribution in [1.82, 2.24) is 14.9 Å². The molecule has 2 rings (SSSR count). The summed E-state index contributed by atoms with van der Waals surface area (Å²) >= 11 is 0. The van der Waals surface area contributed by atoms with Crippen LogP contribution in [0.25, 0.3) is 0 Å². The van der Waals surface area contributed by atoms with E-state index in [4.69, 9.17) is 0 Å². The number of hydrogen-bond acceptors (Lipinski definition) is 2. The van der Waals surface area contributed by atoms with Gasteiger partial charge in [0.2, 0.25) is 0 Å². The van der Waals surface area contributed by atoms with Crippen LogP contribution in [0.15, 0.2) is 42.7 Å². The molecule has 0 amide bonds. The molecule has 20 heavy (non-hydrogen) atoms. The van der Waals surface area contributed by atoms with Crippen LogP contribution in [0.5, 0.6) is 0 Å². The lowest BCUT2D eigenvalue weighted by molar-refractivity contribution is 0.420.